The number of aliphatic hydroxyl groups is 1. The molecule has 0 aromatic heterocycles. The first-order chi connectivity index (χ1) is 7.90. The first-order valence-corrected chi connectivity index (χ1v) is 6.72. The molecule has 0 saturated carbocycles. The molecule has 96 valence electrons. The largest absolute Gasteiger partial charge is 0.388 e. The highest BCUT2D eigenvalue weighted by Crippen LogP contribution is 2.27. The Labute approximate surface area is 110 Å². The molecule has 1 aromatic rings. The highest BCUT2D eigenvalue weighted by atomic mass is 35.5. The Balaban J connectivity index is 2.63. The predicted octanol–water partition coefficient (Wildman–Crippen LogP) is 4.75. The number of benzene rings is 1. The van der Waals surface area contributed by atoms with Crippen LogP contribution < -0.4 is 0 Å². The van der Waals surface area contributed by atoms with Gasteiger partial charge in [-0.15, -0.1) is 0 Å². The van der Waals surface area contributed by atoms with Gasteiger partial charge in [0.15, 0.2) is 0 Å². The van der Waals surface area contributed by atoms with Gasteiger partial charge in [-0.2, -0.15) is 0 Å². The molecule has 0 radical (unpaired) electrons. The fraction of sp³-hybridized carbons (Fsp3) is 0.600. The highest BCUT2D eigenvalue weighted by molar-refractivity contribution is 6.31. The number of hydrogen-bond acceptors (Lipinski definition) is 1. The van der Waals surface area contributed by atoms with Crippen molar-refractivity contribution in [3.63, 3.8) is 0 Å². The van der Waals surface area contributed by atoms with Gasteiger partial charge in [0, 0.05) is 5.02 Å². The summed E-state index contributed by atoms with van der Waals surface area (Å²) in [6.07, 6.45) is 1.55. The van der Waals surface area contributed by atoms with Crippen LogP contribution in [0.3, 0.4) is 0 Å². The summed E-state index contributed by atoms with van der Waals surface area (Å²) in [5.74, 6) is 1.21. The monoisotopic (exact) mass is 254 g/mol. The molecule has 1 rings (SSSR count). The molecule has 2 unspecified atom stereocenters. The predicted molar refractivity (Wildman–Crippen MR) is 74.4 cm³/mol. The van der Waals surface area contributed by atoms with E-state index in [1.54, 1.807) is 0 Å². The topological polar surface area (TPSA) is 20.2 Å². The molecule has 0 heterocycles. The Bertz CT molecular complexity index is 360. The number of rotatable bonds is 5. The lowest BCUT2D eigenvalue weighted by molar-refractivity contribution is 0.142. The minimum Gasteiger partial charge on any atom is -0.388 e. The standard InChI is InChI=1S/C15H23ClO/c1-10(2)7-11(3)8-15(17)13-6-5-12(4)14(16)9-13/h5-6,9-11,15,17H,7-8H2,1-4H3. The number of halogens is 1. The van der Waals surface area contributed by atoms with Crippen molar-refractivity contribution < 1.29 is 5.11 Å². The minimum atomic E-state index is -0.401. The normalized spacial score (nSPS) is 15.0. The van der Waals surface area contributed by atoms with Crippen molar-refractivity contribution >= 4 is 11.6 Å². The van der Waals surface area contributed by atoms with Crippen LogP contribution in [0, 0.1) is 18.8 Å². The molecule has 0 aliphatic heterocycles. The molecule has 0 aliphatic rings. The molecule has 1 nitrogen and oxygen atoms in total. The summed E-state index contributed by atoms with van der Waals surface area (Å²) in [7, 11) is 0. The molecular formula is C15H23ClO. The summed E-state index contributed by atoms with van der Waals surface area (Å²) < 4.78 is 0. The van der Waals surface area contributed by atoms with Crippen molar-refractivity contribution in [1.29, 1.82) is 0 Å². The van der Waals surface area contributed by atoms with Crippen molar-refractivity contribution in [2.75, 3.05) is 0 Å². The second-order valence-corrected chi connectivity index (χ2v) is 5.90. The van der Waals surface area contributed by atoms with Crippen LogP contribution in [-0.4, -0.2) is 5.11 Å². The maximum atomic E-state index is 10.2. The lowest BCUT2D eigenvalue weighted by Crippen LogP contribution is -2.07. The molecule has 17 heavy (non-hydrogen) atoms. The molecule has 2 atom stereocenters. The van der Waals surface area contributed by atoms with Crippen molar-refractivity contribution in [2.24, 2.45) is 11.8 Å². The van der Waals surface area contributed by atoms with Gasteiger partial charge in [-0.3, -0.25) is 0 Å². The van der Waals surface area contributed by atoms with Gasteiger partial charge in [-0.05, 0) is 48.8 Å². The number of aryl methyl sites for hydroxylation is 1. The lowest BCUT2D eigenvalue weighted by Gasteiger charge is -2.18. The fourth-order valence-electron chi connectivity index (χ4n) is 2.23. The van der Waals surface area contributed by atoms with Gasteiger partial charge in [-0.1, -0.05) is 44.5 Å². The Morgan fingerprint density at radius 2 is 1.82 bits per heavy atom. The molecule has 0 bridgehead atoms. The van der Waals surface area contributed by atoms with Crippen molar-refractivity contribution in [3.05, 3.63) is 34.3 Å². The molecule has 0 fully saturated rings. The van der Waals surface area contributed by atoms with Crippen LogP contribution in [0.15, 0.2) is 18.2 Å². The summed E-state index contributed by atoms with van der Waals surface area (Å²) >= 11 is 6.07. The third-order valence-electron chi connectivity index (χ3n) is 3.08. The molecule has 1 aromatic carbocycles. The Morgan fingerprint density at radius 3 is 2.35 bits per heavy atom. The van der Waals surface area contributed by atoms with Gasteiger partial charge in [0.25, 0.3) is 0 Å². The van der Waals surface area contributed by atoms with Crippen molar-refractivity contribution in [1.82, 2.24) is 0 Å². The van der Waals surface area contributed by atoms with Gasteiger partial charge in [0.2, 0.25) is 0 Å². The van der Waals surface area contributed by atoms with E-state index < -0.39 is 6.10 Å². The van der Waals surface area contributed by atoms with E-state index in [1.807, 2.05) is 25.1 Å². The van der Waals surface area contributed by atoms with E-state index in [9.17, 15) is 5.11 Å². The van der Waals surface area contributed by atoms with Gasteiger partial charge < -0.3 is 5.11 Å². The minimum absolute atomic E-state index is 0.401. The highest BCUT2D eigenvalue weighted by Gasteiger charge is 2.14. The molecule has 0 amide bonds. The molecule has 0 spiro atoms. The molecule has 2 heteroatoms. The molecule has 0 saturated heterocycles. The van der Waals surface area contributed by atoms with E-state index in [1.165, 1.54) is 0 Å². The quantitative estimate of drug-likeness (QED) is 0.804. The van der Waals surface area contributed by atoms with Crippen LogP contribution in [0.4, 0.5) is 0 Å². The average Bonchev–Trinajstić information content (AvgIpc) is 2.20. The molecule has 1 N–H and O–H groups in total. The molecular weight excluding hydrogens is 232 g/mol. The fourth-order valence-corrected chi connectivity index (χ4v) is 2.42. The van der Waals surface area contributed by atoms with E-state index in [0.717, 1.165) is 29.0 Å². The van der Waals surface area contributed by atoms with Crippen LogP contribution in [0.5, 0.6) is 0 Å². The van der Waals surface area contributed by atoms with E-state index in [-0.39, 0.29) is 0 Å². The summed E-state index contributed by atoms with van der Waals surface area (Å²) in [6, 6.07) is 5.81. The van der Waals surface area contributed by atoms with Crippen LogP contribution in [0.25, 0.3) is 0 Å². The zero-order valence-electron chi connectivity index (χ0n) is 11.2. The van der Waals surface area contributed by atoms with Crippen LogP contribution >= 0.6 is 11.6 Å². The number of hydrogen-bond donors (Lipinski definition) is 1. The third kappa shape index (κ3) is 4.69. The first-order valence-electron chi connectivity index (χ1n) is 6.34. The SMILES string of the molecule is Cc1ccc(C(O)CC(C)CC(C)C)cc1Cl. The average molecular weight is 255 g/mol. The van der Waals surface area contributed by atoms with Crippen molar-refractivity contribution in [3.8, 4) is 0 Å². The van der Waals surface area contributed by atoms with E-state index in [4.69, 9.17) is 11.6 Å². The second-order valence-electron chi connectivity index (χ2n) is 5.49. The Hall–Kier alpha value is -0.530. The van der Waals surface area contributed by atoms with E-state index >= 15 is 0 Å². The van der Waals surface area contributed by atoms with Gasteiger partial charge in [-0.25, -0.2) is 0 Å². The maximum Gasteiger partial charge on any atom is 0.0793 e. The van der Waals surface area contributed by atoms with Crippen LogP contribution in [0.1, 0.15) is 50.8 Å². The summed E-state index contributed by atoms with van der Waals surface area (Å²) in [6.45, 7) is 8.59. The van der Waals surface area contributed by atoms with E-state index in [2.05, 4.69) is 20.8 Å². The smallest absolute Gasteiger partial charge is 0.0793 e. The van der Waals surface area contributed by atoms with Crippen LogP contribution in [0.2, 0.25) is 5.02 Å². The third-order valence-corrected chi connectivity index (χ3v) is 3.49. The zero-order valence-corrected chi connectivity index (χ0v) is 12.0. The Morgan fingerprint density at radius 1 is 1.18 bits per heavy atom. The summed E-state index contributed by atoms with van der Waals surface area (Å²) in [4.78, 5) is 0. The number of aliphatic hydroxyl groups excluding tert-OH is 1. The molecule has 0 aliphatic carbocycles. The Kier molecular flexibility index (Phi) is 5.48. The maximum absolute atomic E-state index is 10.2. The first kappa shape index (κ1) is 14.5. The second kappa shape index (κ2) is 6.42. The van der Waals surface area contributed by atoms with Gasteiger partial charge in [0.05, 0.1) is 6.10 Å². The van der Waals surface area contributed by atoms with Crippen molar-refractivity contribution in [2.45, 2.75) is 46.6 Å². The van der Waals surface area contributed by atoms with Gasteiger partial charge >= 0.3 is 0 Å². The van der Waals surface area contributed by atoms with Gasteiger partial charge in [0.1, 0.15) is 0 Å². The summed E-state index contributed by atoms with van der Waals surface area (Å²) in [5, 5.41) is 10.9. The lowest BCUT2D eigenvalue weighted by atomic mass is 9.91. The van der Waals surface area contributed by atoms with E-state index in [0.29, 0.717) is 11.8 Å². The zero-order chi connectivity index (χ0) is 13.0. The summed E-state index contributed by atoms with van der Waals surface area (Å²) in [5.41, 5.74) is 1.98. The van der Waals surface area contributed by atoms with Crippen LogP contribution in [-0.2, 0) is 0 Å².